The first-order valence-electron chi connectivity index (χ1n) is 8.10. The van der Waals surface area contributed by atoms with Crippen molar-refractivity contribution in [3.63, 3.8) is 0 Å². The molecule has 0 fully saturated rings. The van der Waals surface area contributed by atoms with Gasteiger partial charge in [0.15, 0.2) is 17.2 Å². The number of esters is 1. The van der Waals surface area contributed by atoms with Gasteiger partial charge in [0.05, 0.1) is 21.3 Å². The summed E-state index contributed by atoms with van der Waals surface area (Å²) in [4.78, 5) is 16.5. The first kappa shape index (κ1) is 18.8. The summed E-state index contributed by atoms with van der Waals surface area (Å²) >= 11 is 6.03. The second-order valence-electron chi connectivity index (χ2n) is 5.68. The monoisotopic (exact) mass is 387 g/mol. The molecule has 2 aromatic rings. The number of carbonyl (C=O) groups is 1. The van der Waals surface area contributed by atoms with Gasteiger partial charge in [0.1, 0.15) is 5.75 Å². The van der Waals surface area contributed by atoms with Crippen LogP contribution in [0.3, 0.4) is 0 Å². The molecule has 27 heavy (non-hydrogen) atoms. The molecule has 0 radical (unpaired) electrons. The molecule has 1 heterocycles. The molecule has 0 unspecified atom stereocenters. The normalized spacial score (nSPS) is 14.7. The molecule has 2 aromatic carbocycles. The SMILES string of the molecule is COc1ccc(Cl)cc1/C=C1/N=C(Cc2ccc(OC)c(OC)c2)OC1=O. The van der Waals surface area contributed by atoms with Crippen LogP contribution in [0.1, 0.15) is 11.1 Å². The number of carbonyl (C=O) groups excluding carboxylic acids is 1. The smallest absolute Gasteiger partial charge is 0.363 e. The quantitative estimate of drug-likeness (QED) is 0.555. The largest absolute Gasteiger partial charge is 0.496 e. The maximum absolute atomic E-state index is 12.2. The molecule has 0 spiro atoms. The van der Waals surface area contributed by atoms with Crippen molar-refractivity contribution < 1.29 is 23.7 Å². The Hall–Kier alpha value is -2.99. The molecule has 7 heteroatoms. The summed E-state index contributed by atoms with van der Waals surface area (Å²) in [7, 11) is 4.68. The highest BCUT2D eigenvalue weighted by Gasteiger charge is 2.24. The van der Waals surface area contributed by atoms with E-state index in [1.807, 2.05) is 12.1 Å². The number of nitrogens with zero attached hydrogens (tertiary/aromatic N) is 1. The molecule has 0 saturated carbocycles. The third kappa shape index (κ3) is 4.23. The fraction of sp³-hybridized carbons (Fsp3) is 0.200. The molecular formula is C20H18ClNO5. The third-order valence-corrected chi connectivity index (χ3v) is 4.19. The van der Waals surface area contributed by atoms with E-state index in [4.69, 9.17) is 30.5 Å². The number of cyclic esters (lactones) is 1. The first-order valence-corrected chi connectivity index (χ1v) is 8.47. The second-order valence-corrected chi connectivity index (χ2v) is 6.11. The van der Waals surface area contributed by atoms with Crippen molar-refractivity contribution in [1.29, 1.82) is 0 Å². The zero-order valence-electron chi connectivity index (χ0n) is 15.1. The van der Waals surface area contributed by atoms with E-state index in [1.54, 1.807) is 51.7 Å². The highest BCUT2D eigenvalue weighted by molar-refractivity contribution is 6.30. The van der Waals surface area contributed by atoms with Gasteiger partial charge in [-0.25, -0.2) is 9.79 Å². The van der Waals surface area contributed by atoms with E-state index in [0.717, 1.165) is 5.56 Å². The molecule has 140 valence electrons. The van der Waals surface area contributed by atoms with Crippen molar-refractivity contribution in [1.82, 2.24) is 0 Å². The van der Waals surface area contributed by atoms with Crippen LogP contribution in [0, 0.1) is 0 Å². The highest BCUT2D eigenvalue weighted by Crippen LogP contribution is 2.29. The predicted octanol–water partition coefficient (Wildman–Crippen LogP) is 3.90. The summed E-state index contributed by atoms with van der Waals surface area (Å²) in [6.07, 6.45) is 1.94. The maximum Gasteiger partial charge on any atom is 0.363 e. The Morgan fingerprint density at radius 3 is 2.41 bits per heavy atom. The Kier molecular flexibility index (Phi) is 5.66. The fourth-order valence-corrected chi connectivity index (χ4v) is 2.84. The number of methoxy groups -OCH3 is 3. The van der Waals surface area contributed by atoms with Crippen LogP contribution in [-0.2, 0) is 16.0 Å². The van der Waals surface area contributed by atoms with Crippen molar-refractivity contribution in [2.75, 3.05) is 21.3 Å². The minimum absolute atomic E-state index is 0.186. The molecule has 0 atom stereocenters. The van der Waals surface area contributed by atoms with Gasteiger partial charge >= 0.3 is 5.97 Å². The van der Waals surface area contributed by atoms with E-state index < -0.39 is 5.97 Å². The van der Waals surface area contributed by atoms with Crippen LogP contribution in [0.15, 0.2) is 47.1 Å². The minimum Gasteiger partial charge on any atom is -0.496 e. The number of hydrogen-bond acceptors (Lipinski definition) is 6. The molecule has 1 aliphatic heterocycles. The number of rotatable bonds is 6. The van der Waals surface area contributed by atoms with Gasteiger partial charge in [0, 0.05) is 17.0 Å². The third-order valence-electron chi connectivity index (χ3n) is 3.95. The van der Waals surface area contributed by atoms with Gasteiger partial charge in [-0.05, 0) is 42.0 Å². The fourth-order valence-electron chi connectivity index (χ4n) is 2.66. The van der Waals surface area contributed by atoms with Crippen LogP contribution >= 0.6 is 11.6 Å². The van der Waals surface area contributed by atoms with Gasteiger partial charge < -0.3 is 18.9 Å². The van der Waals surface area contributed by atoms with E-state index >= 15 is 0 Å². The van der Waals surface area contributed by atoms with Crippen molar-refractivity contribution in [2.24, 2.45) is 4.99 Å². The van der Waals surface area contributed by atoms with E-state index in [9.17, 15) is 4.79 Å². The van der Waals surface area contributed by atoms with Crippen LogP contribution in [0.25, 0.3) is 6.08 Å². The molecule has 0 N–H and O–H groups in total. The molecular weight excluding hydrogens is 370 g/mol. The molecule has 3 rings (SSSR count). The Labute approximate surface area is 162 Å². The zero-order valence-corrected chi connectivity index (χ0v) is 15.9. The second kappa shape index (κ2) is 8.14. The van der Waals surface area contributed by atoms with Gasteiger partial charge in [0.25, 0.3) is 0 Å². The summed E-state index contributed by atoms with van der Waals surface area (Å²) in [5.74, 6) is 1.59. The van der Waals surface area contributed by atoms with Gasteiger partial charge in [0.2, 0.25) is 5.90 Å². The zero-order chi connectivity index (χ0) is 19.4. The molecule has 0 bridgehead atoms. The van der Waals surface area contributed by atoms with Crippen LogP contribution in [-0.4, -0.2) is 33.2 Å². The Balaban J connectivity index is 1.86. The molecule has 0 aliphatic carbocycles. The van der Waals surface area contributed by atoms with Gasteiger partial charge in [-0.2, -0.15) is 0 Å². The lowest BCUT2D eigenvalue weighted by atomic mass is 10.1. The Morgan fingerprint density at radius 2 is 1.70 bits per heavy atom. The van der Waals surface area contributed by atoms with Crippen molar-refractivity contribution in [3.8, 4) is 17.2 Å². The van der Waals surface area contributed by atoms with Gasteiger partial charge in [-0.1, -0.05) is 17.7 Å². The van der Waals surface area contributed by atoms with Crippen LogP contribution < -0.4 is 14.2 Å². The summed E-state index contributed by atoms with van der Waals surface area (Å²) in [5.41, 5.74) is 1.71. The van der Waals surface area contributed by atoms with Crippen LogP contribution in [0.2, 0.25) is 5.02 Å². The maximum atomic E-state index is 12.2. The summed E-state index contributed by atoms with van der Waals surface area (Å²) in [5, 5.41) is 0.531. The number of halogens is 1. The van der Waals surface area contributed by atoms with Gasteiger partial charge in [-0.3, -0.25) is 0 Å². The van der Waals surface area contributed by atoms with E-state index in [1.165, 1.54) is 0 Å². The van der Waals surface area contributed by atoms with Crippen molar-refractivity contribution >= 4 is 29.5 Å². The Bertz CT molecular complexity index is 936. The lowest BCUT2D eigenvalue weighted by Gasteiger charge is -2.09. The van der Waals surface area contributed by atoms with E-state index in [0.29, 0.717) is 40.2 Å². The highest BCUT2D eigenvalue weighted by atomic mass is 35.5. The molecule has 0 saturated heterocycles. The van der Waals surface area contributed by atoms with E-state index in [-0.39, 0.29) is 5.70 Å². The lowest BCUT2D eigenvalue weighted by molar-refractivity contribution is -0.130. The van der Waals surface area contributed by atoms with Crippen LogP contribution in [0.5, 0.6) is 17.2 Å². The van der Waals surface area contributed by atoms with Crippen molar-refractivity contribution in [2.45, 2.75) is 6.42 Å². The molecule has 6 nitrogen and oxygen atoms in total. The average Bonchev–Trinajstić information content (AvgIpc) is 3.00. The summed E-state index contributed by atoms with van der Waals surface area (Å²) in [6.45, 7) is 0. The molecule has 1 aliphatic rings. The minimum atomic E-state index is -0.521. The number of benzene rings is 2. The number of aliphatic imine (C=N–C) groups is 1. The topological polar surface area (TPSA) is 66.3 Å². The molecule has 0 amide bonds. The first-order chi connectivity index (χ1) is 13.0. The Morgan fingerprint density at radius 1 is 1.00 bits per heavy atom. The number of hydrogen-bond donors (Lipinski definition) is 0. The predicted molar refractivity (Wildman–Crippen MR) is 103 cm³/mol. The van der Waals surface area contributed by atoms with Crippen molar-refractivity contribution in [3.05, 3.63) is 58.2 Å². The van der Waals surface area contributed by atoms with E-state index in [2.05, 4.69) is 4.99 Å². The summed E-state index contributed by atoms with van der Waals surface area (Å²) in [6, 6.07) is 10.6. The van der Waals surface area contributed by atoms with Crippen LogP contribution in [0.4, 0.5) is 0 Å². The van der Waals surface area contributed by atoms with Gasteiger partial charge in [-0.15, -0.1) is 0 Å². The molecule has 0 aromatic heterocycles. The summed E-state index contributed by atoms with van der Waals surface area (Å²) < 4.78 is 21.1. The average molecular weight is 388 g/mol. The lowest BCUT2D eigenvalue weighted by Crippen LogP contribution is -2.07. The standard InChI is InChI=1S/C20H18ClNO5/c1-24-16-7-5-14(21)10-13(16)11-15-20(23)27-19(22-15)9-12-4-6-17(25-2)18(8-12)26-3/h4-8,10-11H,9H2,1-3H3/b15-11+. The number of ether oxygens (including phenoxy) is 4.